The summed E-state index contributed by atoms with van der Waals surface area (Å²) in [5, 5.41) is 5.89. The van der Waals surface area contributed by atoms with Gasteiger partial charge in [0.15, 0.2) is 0 Å². The van der Waals surface area contributed by atoms with Gasteiger partial charge in [-0.2, -0.15) is 0 Å². The number of rotatable bonds is 2. The monoisotopic (exact) mass is 314 g/mol. The van der Waals surface area contributed by atoms with Crippen molar-refractivity contribution in [1.82, 2.24) is 20.4 Å². The number of amides is 4. The quantitative estimate of drug-likeness (QED) is 0.873. The largest absolute Gasteiger partial charge is 0.335 e. The molecule has 2 heterocycles. The highest BCUT2D eigenvalue weighted by molar-refractivity contribution is 5.80. The second-order valence-corrected chi connectivity index (χ2v) is 6.19. The van der Waals surface area contributed by atoms with E-state index < -0.39 is 0 Å². The molecule has 0 spiro atoms. The molecule has 2 N–H and O–H groups in total. The van der Waals surface area contributed by atoms with E-state index in [0.717, 1.165) is 5.56 Å². The van der Waals surface area contributed by atoms with Crippen LogP contribution < -0.4 is 10.6 Å². The van der Waals surface area contributed by atoms with E-state index in [1.165, 1.54) is 0 Å². The van der Waals surface area contributed by atoms with Crippen LogP contribution in [0.15, 0.2) is 36.4 Å². The van der Waals surface area contributed by atoms with Crippen LogP contribution in [0.4, 0.5) is 9.59 Å². The maximum atomic E-state index is 12.3. The minimum absolute atomic E-state index is 0.0304. The highest BCUT2D eigenvalue weighted by Crippen LogP contribution is 2.29. The maximum Gasteiger partial charge on any atom is 0.319 e. The predicted octanol–water partition coefficient (Wildman–Crippen LogP) is 1.71. The van der Waals surface area contributed by atoms with Crippen LogP contribution in [0.1, 0.15) is 12.5 Å². The van der Waals surface area contributed by atoms with Gasteiger partial charge in [0.2, 0.25) is 0 Å². The Morgan fingerprint density at radius 2 is 1.65 bits per heavy atom. The van der Waals surface area contributed by atoms with E-state index in [9.17, 15) is 9.59 Å². The third-order valence-corrected chi connectivity index (χ3v) is 4.75. The fraction of sp³-hybridized carbons (Fsp3) is 0.412. The first-order chi connectivity index (χ1) is 11.0. The Balaban J connectivity index is 1.91. The topological polar surface area (TPSA) is 64.7 Å². The van der Waals surface area contributed by atoms with Crippen LogP contribution in [0.2, 0.25) is 0 Å². The van der Waals surface area contributed by atoms with Gasteiger partial charge >= 0.3 is 12.1 Å². The van der Waals surface area contributed by atoms with E-state index >= 15 is 0 Å². The lowest BCUT2D eigenvalue weighted by Crippen LogP contribution is -2.73. The number of nitrogens with zero attached hydrogens (tertiary/aromatic N) is 2. The number of benzene rings is 1. The molecule has 2 saturated heterocycles. The number of hydrogen-bond donors (Lipinski definition) is 2. The van der Waals surface area contributed by atoms with Gasteiger partial charge in [-0.05, 0) is 12.5 Å². The lowest BCUT2D eigenvalue weighted by atomic mass is 9.84. The maximum absolute atomic E-state index is 12.3. The van der Waals surface area contributed by atoms with Gasteiger partial charge in [-0.15, -0.1) is 0 Å². The molecule has 0 radical (unpaired) electrons. The summed E-state index contributed by atoms with van der Waals surface area (Å²) in [6.45, 7) is 1.98. The molecule has 4 atom stereocenters. The fourth-order valence-corrected chi connectivity index (χ4v) is 3.38. The molecule has 122 valence electrons. The summed E-state index contributed by atoms with van der Waals surface area (Å²) in [5.74, 6) is 0.0698. The zero-order chi connectivity index (χ0) is 16.6. The first-order valence-corrected chi connectivity index (χ1v) is 7.79. The van der Waals surface area contributed by atoms with Crippen molar-refractivity contribution in [2.45, 2.75) is 25.2 Å². The number of carbonyl (C=O) groups is 2. The van der Waals surface area contributed by atoms with Crippen molar-refractivity contribution >= 4 is 18.1 Å². The molecule has 1 aromatic rings. The van der Waals surface area contributed by atoms with Crippen LogP contribution in [0, 0.1) is 5.92 Å². The summed E-state index contributed by atoms with van der Waals surface area (Å²) >= 11 is 0. The molecule has 0 bridgehead atoms. The molecule has 1 aromatic carbocycles. The average molecular weight is 314 g/mol. The summed E-state index contributed by atoms with van der Waals surface area (Å²) < 4.78 is 0. The highest BCUT2D eigenvalue weighted by Gasteiger charge is 2.48. The molecule has 6 nitrogen and oxygen atoms in total. The zero-order valence-corrected chi connectivity index (χ0v) is 13.6. The van der Waals surface area contributed by atoms with Gasteiger partial charge in [-0.25, -0.2) is 9.59 Å². The SMILES string of the molecule is C[C@H]1NC(=O)N(C)[C@H]2NC(=O)N(C)[C@H](/C=C/c3ccccc3)[C@H]12. The molecular weight excluding hydrogens is 292 g/mol. The molecule has 2 fully saturated rings. The van der Waals surface area contributed by atoms with Crippen molar-refractivity contribution in [1.29, 1.82) is 0 Å². The normalized spacial score (nSPS) is 30.9. The van der Waals surface area contributed by atoms with Crippen molar-refractivity contribution in [3.05, 3.63) is 42.0 Å². The standard InChI is InChI=1S/C17H22N4O2/c1-11-14-13(10-9-12-7-5-4-6-8-12)20(2)17(23)19-15(14)21(3)16(22)18-11/h4-11,13-15H,1-3H3,(H,18,22)(H,19,23)/b10-9+/t11-,13-,14+,15-/m1/s1. The van der Waals surface area contributed by atoms with Crippen molar-refractivity contribution in [2.24, 2.45) is 5.92 Å². The second-order valence-electron chi connectivity index (χ2n) is 6.19. The summed E-state index contributed by atoms with van der Waals surface area (Å²) in [4.78, 5) is 27.5. The van der Waals surface area contributed by atoms with Crippen LogP contribution in [0.5, 0.6) is 0 Å². The number of likely N-dealkylation sites (N-methyl/N-ethyl adjacent to an activating group) is 1. The average Bonchev–Trinajstić information content (AvgIpc) is 2.54. The fourth-order valence-electron chi connectivity index (χ4n) is 3.38. The van der Waals surface area contributed by atoms with Crippen LogP contribution in [0.25, 0.3) is 6.08 Å². The van der Waals surface area contributed by atoms with Crippen LogP contribution in [0.3, 0.4) is 0 Å². The van der Waals surface area contributed by atoms with Gasteiger partial charge < -0.3 is 20.4 Å². The molecule has 0 aromatic heterocycles. The van der Waals surface area contributed by atoms with E-state index in [4.69, 9.17) is 0 Å². The first kappa shape index (κ1) is 15.4. The predicted molar refractivity (Wildman–Crippen MR) is 88.6 cm³/mol. The Labute approximate surface area is 136 Å². The molecule has 0 unspecified atom stereocenters. The van der Waals surface area contributed by atoms with Crippen molar-refractivity contribution in [2.75, 3.05) is 14.1 Å². The van der Waals surface area contributed by atoms with Crippen molar-refractivity contribution in [3.8, 4) is 0 Å². The van der Waals surface area contributed by atoms with Crippen molar-refractivity contribution < 1.29 is 9.59 Å². The minimum atomic E-state index is -0.298. The molecule has 4 amide bonds. The summed E-state index contributed by atoms with van der Waals surface area (Å²) in [5.41, 5.74) is 1.09. The van der Waals surface area contributed by atoms with Crippen molar-refractivity contribution in [3.63, 3.8) is 0 Å². The van der Waals surface area contributed by atoms with Gasteiger partial charge in [-0.1, -0.05) is 42.5 Å². The molecule has 23 heavy (non-hydrogen) atoms. The Morgan fingerprint density at radius 1 is 1.00 bits per heavy atom. The second kappa shape index (κ2) is 5.95. The Kier molecular flexibility index (Phi) is 3.98. The van der Waals surface area contributed by atoms with Gasteiger partial charge in [0.05, 0.1) is 6.04 Å². The Bertz CT molecular complexity index is 631. The van der Waals surface area contributed by atoms with E-state index in [2.05, 4.69) is 10.6 Å². The van der Waals surface area contributed by atoms with Gasteiger partial charge in [0, 0.05) is 26.1 Å². The number of nitrogens with one attached hydrogen (secondary N) is 2. The van der Waals surface area contributed by atoms with Crippen LogP contribution in [-0.2, 0) is 0 Å². The zero-order valence-electron chi connectivity index (χ0n) is 13.6. The summed E-state index contributed by atoms with van der Waals surface area (Å²) in [6, 6.07) is 9.54. The van der Waals surface area contributed by atoms with Gasteiger partial charge in [0.1, 0.15) is 6.17 Å². The third-order valence-electron chi connectivity index (χ3n) is 4.75. The van der Waals surface area contributed by atoms with E-state index in [1.54, 1.807) is 23.9 Å². The lowest BCUT2D eigenvalue weighted by molar-refractivity contribution is 0.0407. The van der Waals surface area contributed by atoms with Gasteiger partial charge in [-0.3, -0.25) is 0 Å². The molecule has 2 aliphatic rings. The molecule has 6 heteroatoms. The number of fused-ring (bicyclic) bond motifs is 1. The smallest absolute Gasteiger partial charge is 0.319 e. The molecule has 0 aliphatic carbocycles. The number of urea groups is 2. The molecular formula is C17H22N4O2. The number of carbonyl (C=O) groups excluding carboxylic acids is 2. The molecule has 3 rings (SSSR count). The van der Waals surface area contributed by atoms with Crippen LogP contribution >= 0.6 is 0 Å². The summed E-state index contributed by atoms with van der Waals surface area (Å²) in [6.07, 6.45) is 3.78. The highest BCUT2D eigenvalue weighted by atomic mass is 16.2. The van der Waals surface area contributed by atoms with Gasteiger partial charge in [0.25, 0.3) is 0 Å². The lowest BCUT2D eigenvalue weighted by Gasteiger charge is -2.51. The summed E-state index contributed by atoms with van der Waals surface area (Å²) in [7, 11) is 3.50. The minimum Gasteiger partial charge on any atom is -0.335 e. The van der Waals surface area contributed by atoms with E-state index in [1.807, 2.05) is 49.4 Å². The molecule has 2 aliphatic heterocycles. The Hall–Kier alpha value is -2.50. The number of hydrogen-bond acceptors (Lipinski definition) is 2. The van der Waals surface area contributed by atoms with E-state index in [-0.39, 0.29) is 36.2 Å². The Morgan fingerprint density at radius 3 is 2.35 bits per heavy atom. The first-order valence-electron chi connectivity index (χ1n) is 7.79. The van der Waals surface area contributed by atoms with Crippen LogP contribution in [-0.4, -0.2) is 54.2 Å². The third kappa shape index (κ3) is 2.76. The van der Waals surface area contributed by atoms with E-state index in [0.29, 0.717) is 0 Å². The molecule has 0 saturated carbocycles.